The maximum absolute atomic E-state index is 12.0. The molecule has 3 N–H and O–H groups in total. The summed E-state index contributed by atoms with van der Waals surface area (Å²) >= 11 is 0. The van der Waals surface area contributed by atoms with Crippen molar-refractivity contribution in [3.63, 3.8) is 0 Å². The number of benzene rings is 1. The van der Waals surface area contributed by atoms with Crippen molar-refractivity contribution in [2.45, 2.75) is 51.5 Å². The summed E-state index contributed by atoms with van der Waals surface area (Å²) in [6.45, 7) is 2.77. The number of nitrogens with one attached hydrogen (secondary N) is 1. The molecule has 0 heterocycles. The van der Waals surface area contributed by atoms with E-state index in [4.69, 9.17) is 5.73 Å². The van der Waals surface area contributed by atoms with Crippen molar-refractivity contribution in [1.29, 1.82) is 0 Å². The molecule has 1 unspecified atom stereocenters. The van der Waals surface area contributed by atoms with Crippen LogP contribution in [0.15, 0.2) is 24.3 Å². The van der Waals surface area contributed by atoms with E-state index in [-0.39, 0.29) is 18.3 Å². The Morgan fingerprint density at radius 2 is 1.90 bits per heavy atom. The molecule has 1 aromatic rings. The first-order valence-electron chi connectivity index (χ1n) is 7.76. The number of nitrogens with two attached hydrogens (primary N) is 1. The molecular formula is C17H27ClN2O. The van der Waals surface area contributed by atoms with Crippen molar-refractivity contribution < 1.29 is 4.79 Å². The Labute approximate surface area is 134 Å². The highest BCUT2D eigenvalue weighted by molar-refractivity contribution is 5.85. The fourth-order valence-corrected chi connectivity index (χ4v) is 2.94. The number of carbonyl (C=O) groups excluding carboxylic acids is 1. The molecule has 2 rings (SSSR count). The first-order valence-corrected chi connectivity index (χ1v) is 7.76. The van der Waals surface area contributed by atoms with Crippen LogP contribution >= 0.6 is 12.4 Å². The molecule has 1 amide bonds. The van der Waals surface area contributed by atoms with E-state index in [2.05, 4.69) is 5.32 Å². The van der Waals surface area contributed by atoms with Crippen LogP contribution < -0.4 is 11.1 Å². The Balaban J connectivity index is 0.00000220. The molecule has 118 valence electrons. The highest BCUT2D eigenvalue weighted by atomic mass is 35.5. The molecule has 1 aliphatic carbocycles. The number of halogens is 1. The number of amides is 1. The summed E-state index contributed by atoms with van der Waals surface area (Å²) in [5.41, 5.74) is 8.04. The molecule has 1 atom stereocenters. The van der Waals surface area contributed by atoms with Crippen molar-refractivity contribution in [3.8, 4) is 0 Å². The maximum Gasteiger partial charge on any atom is 0.241 e. The maximum atomic E-state index is 12.0. The highest BCUT2D eigenvalue weighted by Crippen LogP contribution is 2.28. The lowest BCUT2D eigenvalue weighted by atomic mass is 10.0. The summed E-state index contributed by atoms with van der Waals surface area (Å²) in [6, 6.07) is 7.28. The van der Waals surface area contributed by atoms with Crippen LogP contribution in [0.5, 0.6) is 0 Å². The molecule has 1 aromatic carbocycles. The van der Waals surface area contributed by atoms with Crippen molar-refractivity contribution in [3.05, 3.63) is 35.4 Å². The summed E-state index contributed by atoms with van der Waals surface area (Å²) in [7, 11) is 0. The van der Waals surface area contributed by atoms with Crippen LogP contribution in [-0.2, 0) is 4.79 Å². The van der Waals surface area contributed by atoms with E-state index in [1.54, 1.807) is 0 Å². The topological polar surface area (TPSA) is 55.1 Å². The predicted molar refractivity (Wildman–Crippen MR) is 89.6 cm³/mol. The summed E-state index contributed by atoms with van der Waals surface area (Å²) in [4.78, 5) is 12.0. The van der Waals surface area contributed by atoms with Crippen LogP contribution in [0.3, 0.4) is 0 Å². The van der Waals surface area contributed by atoms with Gasteiger partial charge in [-0.3, -0.25) is 4.79 Å². The van der Waals surface area contributed by atoms with Gasteiger partial charge in [-0.05, 0) is 31.2 Å². The highest BCUT2D eigenvalue weighted by Gasteiger charge is 2.16. The third kappa shape index (κ3) is 5.68. The predicted octanol–water partition coefficient (Wildman–Crippen LogP) is 3.50. The van der Waals surface area contributed by atoms with Crippen LogP contribution in [0.2, 0.25) is 0 Å². The van der Waals surface area contributed by atoms with Gasteiger partial charge in [-0.1, -0.05) is 55.5 Å². The molecule has 4 heteroatoms. The van der Waals surface area contributed by atoms with Crippen molar-refractivity contribution in [2.75, 3.05) is 6.54 Å². The van der Waals surface area contributed by atoms with E-state index >= 15 is 0 Å². The first kappa shape index (κ1) is 18.0. The molecule has 1 saturated carbocycles. The number of aryl methyl sites for hydroxylation is 1. The fourth-order valence-electron chi connectivity index (χ4n) is 2.94. The largest absolute Gasteiger partial charge is 0.354 e. The summed E-state index contributed by atoms with van der Waals surface area (Å²) < 4.78 is 0. The van der Waals surface area contributed by atoms with Gasteiger partial charge in [0.2, 0.25) is 5.91 Å². The van der Waals surface area contributed by atoms with E-state index in [1.165, 1.54) is 37.7 Å². The molecule has 3 nitrogen and oxygen atoms in total. The SMILES string of the molecule is Cc1ccc(C(N)C(=O)NCCCC2CCCC2)cc1.Cl. The van der Waals surface area contributed by atoms with Crippen molar-refractivity contribution >= 4 is 18.3 Å². The summed E-state index contributed by atoms with van der Waals surface area (Å²) in [5.74, 6) is 0.818. The Morgan fingerprint density at radius 3 is 2.52 bits per heavy atom. The second-order valence-corrected chi connectivity index (χ2v) is 5.97. The molecule has 0 spiro atoms. The van der Waals surface area contributed by atoms with Crippen molar-refractivity contribution in [2.24, 2.45) is 11.7 Å². The van der Waals surface area contributed by atoms with Crippen LogP contribution in [0.25, 0.3) is 0 Å². The monoisotopic (exact) mass is 310 g/mol. The number of hydrogen-bond donors (Lipinski definition) is 2. The molecule has 0 radical (unpaired) electrons. The van der Waals surface area contributed by atoms with E-state index in [0.29, 0.717) is 0 Å². The quantitative estimate of drug-likeness (QED) is 0.790. The summed E-state index contributed by atoms with van der Waals surface area (Å²) in [6.07, 6.45) is 7.81. The Bertz CT molecular complexity index is 427. The van der Waals surface area contributed by atoms with Gasteiger partial charge < -0.3 is 11.1 Å². The van der Waals surface area contributed by atoms with Gasteiger partial charge in [-0.15, -0.1) is 12.4 Å². The third-order valence-corrected chi connectivity index (χ3v) is 4.28. The lowest BCUT2D eigenvalue weighted by Crippen LogP contribution is -2.34. The lowest BCUT2D eigenvalue weighted by Gasteiger charge is -2.14. The first-order chi connectivity index (χ1) is 9.66. The molecule has 0 aromatic heterocycles. The number of hydrogen-bond acceptors (Lipinski definition) is 2. The van der Waals surface area contributed by atoms with Crippen LogP contribution in [-0.4, -0.2) is 12.5 Å². The molecule has 1 fully saturated rings. The number of rotatable bonds is 6. The van der Waals surface area contributed by atoms with Gasteiger partial charge in [0.1, 0.15) is 6.04 Å². The van der Waals surface area contributed by atoms with Gasteiger partial charge in [-0.25, -0.2) is 0 Å². The minimum Gasteiger partial charge on any atom is -0.354 e. The zero-order chi connectivity index (χ0) is 14.4. The lowest BCUT2D eigenvalue weighted by molar-refractivity contribution is -0.122. The van der Waals surface area contributed by atoms with Gasteiger partial charge in [0.05, 0.1) is 0 Å². The molecule has 21 heavy (non-hydrogen) atoms. The average Bonchev–Trinajstić information content (AvgIpc) is 2.96. The van der Waals surface area contributed by atoms with Gasteiger partial charge in [0.25, 0.3) is 0 Å². The molecule has 0 bridgehead atoms. The number of carbonyl (C=O) groups is 1. The minimum absolute atomic E-state index is 0. The molecule has 1 aliphatic rings. The normalized spacial score (nSPS) is 16.3. The Kier molecular flexibility index (Phi) is 7.76. The van der Waals surface area contributed by atoms with E-state index in [0.717, 1.165) is 24.4 Å². The Morgan fingerprint density at radius 1 is 1.29 bits per heavy atom. The van der Waals surface area contributed by atoms with Crippen molar-refractivity contribution in [1.82, 2.24) is 5.32 Å². The van der Waals surface area contributed by atoms with Gasteiger partial charge in [-0.2, -0.15) is 0 Å². The summed E-state index contributed by atoms with van der Waals surface area (Å²) in [5, 5.41) is 2.96. The third-order valence-electron chi connectivity index (χ3n) is 4.28. The van der Waals surface area contributed by atoms with E-state index in [9.17, 15) is 4.79 Å². The second kappa shape index (κ2) is 9.06. The van der Waals surface area contributed by atoms with E-state index in [1.807, 2.05) is 31.2 Å². The molecular weight excluding hydrogens is 284 g/mol. The Hall–Kier alpha value is -1.06. The smallest absolute Gasteiger partial charge is 0.241 e. The minimum atomic E-state index is -0.554. The second-order valence-electron chi connectivity index (χ2n) is 5.97. The van der Waals surface area contributed by atoms with Gasteiger partial charge in [0.15, 0.2) is 0 Å². The average molecular weight is 311 g/mol. The standard InChI is InChI=1S/C17H26N2O.ClH/c1-13-8-10-15(11-9-13)16(18)17(20)19-12-4-7-14-5-2-3-6-14;/h8-11,14,16H,2-7,12,18H2,1H3,(H,19,20);1H. The fraction of sp³-hybridized carbons (Fsp3) is 0.588. The zero-order valence-corrected chi connectivity index (χ0v) is 13.6. The molecule has 0 saturated heterocycles. The zero-order valence-electron chi connectivity index (χ0n) is 12.8. The van der Waals surface area contributed by atoms with Gasteiger partial charge in [0, 0.05) is 6.54 Å². The van der Waals surface area contributed by atoms with E-state index < -0.39 is 6.04 Å². The van der Waals surface area contributed by atoms with Gasteiger partial charge >= 0.3 is 0 Å². The van der Waals surface area contributed by atoms with Crippen LogP contribution in [0.4, 0.5) is 0 Å². The van der Waals surface area contributed by atoms with Crippen LogP contribution in [0, 0.1) is 12.8 Å². The van der Waals surface area contributed by atoms with Crippen LogP contribution in [0.1, 0.15) is 55.7 Å². The molecule has 0 aliphatic heterocycles.